The molecule has 3 heterocycles. The first-order valence-corrected chi connectivity index (χ1v) is 6.51. The van der Waals surface area contributed by atoms with Gasteiger partial charge in [-0.15, -0.1) is 0 Å². The first kappa shape index (κ1) is 11.7. The lowest BCUT2D eigenvalue weighted by molar-refractivity contribution is 0.0278. The molecule has 1 aliphatic heterocycles. The van der Waals surface area contributed by atoms with Crippen LogP contribution in [-0.4, -0.2) is 28.4 Å². The van der Waals surface area contributed by atoms with E-state index in [-0.39, 0.29) is 5.54 Å². The molecule has 1 aliphatic rings. The molecule has 0 aliphatic carbocycles. The number of pyridine rings is 1. The van der Waals surface area contributed by atoms with Gasteiger partial charge in [0.2, 0.25) is 0 Å². The molecule has 1 unspecified atom stereocenters. The van der Waals surface area contributed by atoms with Crippen molar-refractivity contribution in [3.8, 4) is 0 Å². The molecule has 0 aromatic carbocycles. The molecule has 1 N–H and O–H groups in total. The van der Waals surface area contributed by atoms with Crippen LogP contribution in [0.1, 0.15) is 25.3 Å². The number of aromatic nitrogens is 2. The third-order valence-electron chi connectivity index (χ3n) is 3.65. The fraction of sp³-hybridized carbons (Fsp3) is 0.500. The Morgan fingerprint density at radius 1 is 1.50 bits per heavy atom. The molecule has 2 aromatic heterocycles. The van der Waals surface area contributed by atoms with Gasteiger partial charge in [-0.05, 0) is 31.9 Å². The molecule has 0 spiro atoms. The van der Waals surface area contributed by atoms with Gasteiger partial charge in [-0.3, -0.25) is 0 Å². The van der Waals surface area contributed by atoms with Crippen LogP contribution in [0.4, 0.5) is 0 Å². The Morgan fingerprint density at radius 2 is 2.44 bits per heavy atom. The summed E-state index contributed by atoms with van der Waals surface area (Å²) in [4.78, 5) is 0. The van der Waals surface area contributed by atoms with Gasteiger partial charge in [0, 0.05) is 30.5 Å². The van der Waals surface area contributed by atoms with Crippen LogP contribution in [0.15, 0.2) is 30.6 Å². The van der Waals surface area contributed by atoms with Gasteiger partial charge in [-0.25, -0.2) is 4.52 Å². The molecule has 3 rings (SSSR count). The zero-order valence-corrected chi connectivity index (χ0v) is 10.7. The molecule has 0 bridgehead atoms. The third-order valence-corrected chi connectivity index (χ3v) is 3.65. The van der Waals surface area contributed by atoms with Crippen LogP contribution in [0.25, 0.3) is 5.52 Å². The van der Waals surface area contributed by atoms with E-state index in [1.165, 1.54) is 17.5 Å². The number of rotatable bonds is 3. The SMILES string of the molecule is CC1(NCc2cnn3ccccc23)CCCOC1. The Labute approximate surface area is 107 Å². The van der Waals surface area contributed by atoms with Gasteiger partial charge in [-0.2, -0.15) is 5.10 Å². The number of hydrogen-bond acceptors (Lipinski definition) is 3. The zero-order valence-electron chi connectivity index (χ0n) is 10.7. The summed E-state index contributed by atoms with van der Waals surface area (Å²) in [5.41, 5.74) is 2.51. The molecule has 0 amide bonds. The van der Waals surface area contributed by atoms with Crippen LogP contribution in [0.2, 0.25) is 0 Å². The molecule has 0 radical (unpaired) electrons. The van der Waals surface area contributed by atoms with Gasteiger partial charge in [0.15, 0.2) is 0 Å². The average molecular weight is 245 g/mol. The van der Waals surface area contributed by atoms with Crippen molar-refractivity contribution in [2.24, 2.45) is 0 Å². The highest BCUT2D eigenvalue weighted by Crippen LogP contribution is 2.19. The molecule has 4 nitrogen and oxygen atoms in total. The number of hydrogen-bond donors (Lipinski definition) is 1. The van der Waals surface area contributed by atoms with Crippen molar-refractivity contribution in [3.05, 3.63) is 36.2 Å². The molecule has 4 heteroatoms. The van der Waals surface area contributed by atoms with Crippen LogP contribution in [0.3, 0.4) is 0 Å². The summed E-state index contributed by atoms with van der Waals surface area (Å²) in [6, 6.07) is 6.14. The molecule has 96 valence electrons. The minimum absolute atomic E-state index is 0.0985. The van der Waals surface area contributed by atoms with E-state index in [1.54, 1.807) is 0 Å². The van der Waals surface area contributed by atoms with Gasteiger partial charge in [-0.1, -0.05) is 6.07 Å². The maximum Gasteiger partial charge on any atom is 0.0706 e. The summed E-state index contributed by atoms with van der Waals surface area (Å²) in [6.45, 7) is 4.77. The van der Waals surface area contributed by atoms with E-state index in [0.29, 0.717) is 0 Å². The van der Waals surface area contributed by atoms with E-state index in [2.05, 4.69) is 23.4 Å². The van der Waals surface area contributed by atoms with E-state index < -0.39 is 0 Å². The summed E-state index contributed by atoms with van der Waals surface area (Å²) in [6.07, 6.45) is 6.23. The van der Waals surface area contributed by atoms with Gasteiger partial charge in [0.05, 0.1) is 18.3 Å². The van der Waals surface area contributed by atoms with Crippen molar-refractivity contribution in [2.45, 2.75) is 31.8 Å². The lowest BCUT2D eigenvalue weighted by Gasteiger charge is -2.34. The Bertz CT molecular complexity index is 529. The van der Waals surface area contributed by atoms with E-state index in [4.69, 9.17) is 4.74 Å². The van der Waals surface area contributed by atoms with Gasteiger partial charge in [0.25, 0.3) is 0 Å². The topological polar surface area (TPSA) is 38.6 Å². The van der Waals surface area contributed by atoms with Crippen LogP contribution in [0.5, 0.6) is 0 Å². The van der Waals surface area contributed by atoms with Gasteiger partial charge < -0.3 is 10.1 Å². The fourth-order valence-electron chi connectivity index (χ4n) is 2.51. The molecule has 0 saturated carbocycles. The fourth-order valence-corrected chi connectivity index (χ4v) is 2.51. The quantitative estimate of drug-likeness (QED) is 0.898. The number of nitrogens with one attached hydrogen (secondary N) is 1. The Kier molecular flexibility index (Phi) is 3.06. The van der Waals surface area contributed by atoms with E-state index >= 15 is 0 Å². The molecule has 1 fully saturated rings. The Balaban J connectivity index is 1.73. The Hall–Kier alpha value is -1.39. The van der Waals surface area contributed by atoms with E-state index in [9.17, 15) is 0 Å². The Morgan fingerprint density at radius 3 is 3.28 bits per heavy atom. The second-order valence-corrected chi connectivity index (χ2v) is 5.27. The average Bonchev–Trinajstić information content (AvgIpc) is 2.81. The smallest absolute Gasteiger partial charge is 0.0706 e. The molecule has 1 atom stereocenters. The second kappa shape index (κ2) is 4.71. The van der Waals surface area contributed by atoms with Crippen molar-refractivity contribution in [1.29, 1.82) is 0 Å². The lowest BCUT2D eigenvalue weighted by atomic mass is 9.94. The maximum atomic E-state index is 5.56. The summed E-state index contributed by atoms with van der Waals surface area (Å²) >= 11 is 0. The van der Waals surface area contributed by atoms with Gasteiger partial charge >= 0.3 is 0 Å². The number of fused-ring (bicyclic) bond motifs is 1. The third kappa shape index (κ3) is 2.26. The highest BCUT2D eigenvalue weighted by atomic mass is 16.5. The molecule has 2 aromatic rings. The second-order valence-electron chi connectivity index (χ2n) is 5.27. The van der Waals surface area contributed by atoms with Crippen molar-refractivity contribution in [2.75, 3.05) is 13.2 Å². The number of nitrogens with zero attached hydrogens (tertiary/aromatic N) is 2. The highest BCUT2D eigenvalue weighted by Gasteiger charge is 2.26. The van der Waals surface area contributed by atoms with Crippen LogP contribution < -0.4 is 5.32 Å². The van der Waals surface area contributed by atoms with Crippen LogP contribution in [0, 0.1) is 0 Å². The standard InChI is InChI=1S/C14H19N3O/c1-14(6-4-8-18-11-14)15-9-12-10-16-17-7-3-2-5-13(12)17/h2-3,5,7,10,15H,4,6,8-9,11H2,1H3. The lowest BCUT2D eigenvalue weighted by Crippen LogP contribution is -2.48. The predicted octanol–water partition coefficient (Wildman–Crippen LogP) is 1.99. The molecule has 1 saturated heterocycles. The molecular formula is C14H19N3O. The first-order valence-electron chi connectivity index (χ1n) is 6.51. The maximum absolute atomic E-state index is 5.56. The number of ether oxygens (including phenoxy) is 1. The van der Waals surface area contributed by atoms with E-state index in [1.807, 2.05) is 29.0 Å². The monoisotopic (exact) mass is 245 g/mol. The van der Waals surface area contributed by atoms with Crippen molar-refractivity contribution >= 4 is 5.52 Å². The van der Waals surface area contributed by atoms with Crippen molar-refractivity contribution < 1.29 is 4.74 Å². The summed E-state index contributed by atoms with van der Waals surface area (Å²) in [7, 11) is 0. The minimum Gasteiger partial charge on any atom is -0.380 e. The minimum atomic E-state index is 0.0985. The first-order chi connectivity index (χ1) is 8.77. The van der Waals surface area contributed by atoms with Crippen molar-refractivity contribution in [3.63, 3.8) is 0 Å². The van der Waals surface area contributed by atoms with Gasteiger partial charge in [0.1, 0.15) is 0 Å². The van der Waals surface area contributed by atoms with E-state index in [0.717, 1.165) is 26.2 Å². The predicted molar refractivity (Wildman–Crippen MR) is 70.5 cm³/mol. The normalized spacial score (nSPS) is 24.5. The molecule has 18 heavy (non-hydrogen) atoms. The van der Waals surface area contributed by atoms with Crippen LogP contribution >= 0.6 is 0 Å². The van der Waals surface area contributed by atoms with Crippen LogP contribution in [-0.2, 0) is 11.3 Å². The highest BCUT2D eigenvalue weighted by molar-refractivity contribution is 5.53. The molecular weight excluding hydrogens is 226 g/mol. The summed E-state index contributed by atoms with van der Waals surface area (Å²) < 4.78 is 7.47. The summed E-state index contributed by atoms with van der Waals surface area (Å²) in [5, 5.41) is 7.96. The van der Waals surface area contributed by atoms with Crippen molar-refractivity contribution in [1.82, 2.24) is 14.9 Å². The zero-order chi connectivity index (χ0) is 12.4. The largest absolute Gasteiger partial charge is 0.380 e. The summed E-state index contributed by atoms with van der Waals surface area (Å²) in [5.74, 6) is 0.